The summed E-state index contributed by atoms with van der Waals surface area (Å²) >= 11 is 0. The van der Waals surface area contributed by atoms with Crippen LogP contribution in [0.4, 0.5) is 0 Å². The van der Waals surface area contributed by atoms with Crippen LogP contribution in [0.1, 0.15) is 37.3 Å². The van der Waals surface area contributed by atoms with Crippen LogP contribution < -0.4 is 10.1 Å². The third-order valence-corrected chi connectivity index (χ3v) is 5.17. The van der Waals surface area contributed by atoms with Gasteiger partial charge >= 0.3 is 5.97 Å². The first-order valence-electron chi connectivity index (χ1n) is 10.1. The molecule has 0 bridgehead atoms. The average Bonchev–Trinajstić information content (AvgIpc) is 2.78. The van der Waals surface area contributed by atoms with Gasteiger partial charge in [-0.3, -0.25) is 10.1 Å². The highest BCUT2D eigenvalue weighted by atomic mass is 16.5. The van der Waals surface area contributed by atoms with Gasteiger partial charge in [-0.05, 0) is 29.3 Å². The number of ether oxygens (including phenoxy) is 2. The molecule has 0 aliphatic carbocycles. The molecule has 152 valence electrons. The summed E-state index contributed by atoms with van der Waals surface area (Å²) in [6, 6.07) is 21.6. The van der Waals surface area contributed by atoms with Gasteiger partial charge in [0, 0.05) is 12.0 Å². The molecule has 5 heteroatoms. The molecule has 3 aromatic carbocycles. The summed E-state index contributed by atoms with van der Waals surface area (Å²) in [5.74, 6) is -0.426. The van der Waals surface area contributed by atoms with Gasteiger partial charge in [0.15, 0.2) is 0 Å². The summed E-state index contributed by atoms with van der Waals surface area (Å²) in [6.45, 7) is 3.73. The number of hydrogen-bond donors (Lipinski definition) is 1. The maximum atomic E-state index is 13.1. The van der Waals surface area contributed by atoms with Gasteiger partial charge in [-0.1, -0.05) is 67.6 Å². The number of amides is 1. The number of carbonyl (C=O) groups excluding carboxylic acids is 2. The van der Waals surface area contributed by atoms with Crippen molar-refractivity contribution in [2.75, 3.05) is 6.61 Å². The second-order valence-corrected chi connectivity index (χ2v) is 7.01. The minimum Gasteiger partial charge on any atom is -0.462 e. The van der Waals surface area contributed by atoms with E-state index in [4.69, 9.17) is 9.47 Å². The summed E-state index contributed by atoms with van der Waals surface area (Å²) in [5.41, 5.74) is 2.11. The van der Waals surface area contributed by atoms with E-state index in [1.165, 1.54) is 0 Å². The van der Waals surface area contributed by atoms with Crippen molar-refractivity contribution in [2.24, 2.45) is 0 Å². The number of nitrogens with one attached hydrogen (secondary N) is 1. The number of rotatable bonds is 5. The Balaban J connectivity index is 2.01. The monoisotopic (exact) mass is 401 g/mol. The second kappa shape index (κ2) is 8.41. The Kier molecular flexibility index (Phi) is 5.53. The number of carbonyl (C=O) groups is 2. The molecule has 3 aromatic rings. The average molecular weight is 401 g/mol. The topological polar surface area (TPSA) is 64.6 Å². The standard InChI is InChI=1S/C25H23NO4/c1-3-20(27)26-24-23(25(28)29-4-2)21(17-11-6-5-7-12-17)22-18-13-9-8-10-16(18)14-15-19(22)30-24/h5-15,21H,3-4H2,1-2H3,(H,26,27)/t21-/m1/s1. The van der Waals surface area contributed by atoms with E-state index in [2.05, 4.69) is 5.32 Å². The lowest BCUT2D eigenvalue weighted by atomic mass is 9.80. The molecule has 0 fully saturated rings. The second-order valence-electron chi connectivity index (χ2n) is 7.01. The minimum atomic E-state index is -0.503. The predicted molar refractivity (Wildman–Crippen MR) is 115 cm³/mol. The Morgan fingerprint density at radius 1 is 0.967 bits per heavy atom. The zero-order valence-electron chi connectivity index (χ0n) is 17.0. The molecule has 0 aromatic heterocycles. The normalized spacial score (nSPS) is 15.3. The Labute approximate surface area is 175 Å². The number of hydrogen-bond acceptors (Lipinski definition) is 4. The molecule has 0 saturated heterocycles. The summed E-state index contributed by atoms with van der Waals surface area (Å²) in [7, 11) is 0. The molecule has 0 spiro atoms. The van der Waals surface area contributed by atoms with Crippen molar-refractivity contribution in [3.63, 3.8) is 0 Å². The van der Waals surface area contributed by atoms with E-state index in [0.717, 1.165) is 21.9 Å². The van der Waals surface area contributed by atoms with Crippen LogP contribution in [0.15, 0.2) is 78.2 Å². The highest BCUT2D eigenvalue weighted by Crippen LogP contribution is 2.46. The molecule has 5 nitrogen and oxygen atoms in total. The molecule has 0 radical (unpaired) electrons. The quantitative estimate of drug-likeness (QED) is 0.632. The maximum absolute atomic E-state index is 13.1. The fourth-order valence-corrected chi connectivity index (χ4v) is 3.81. The van der Waals surface area contributed by atoms with E-state index in [9.17, 15) is 9.59 Å². The molecule has 1 amide bonds. The molecule has 1 N–H and O–H groups in total. The predicted octanol–water partition coefficient (Wildman–Crippen LogP) is 4.67. The van der Waals surface area contributed by atoms with Gasteiger partial charge < -0.3 is 9.47 Å². The number of benzene rings is 3. The summed E-state index contributed by atoms with van der Waals surface area (Å²) in [6.07, 6.45) is 0.267. The summed E-state index contributed by atoms with van der Waals surface area (Å²) < 4.78 is 11.5. The molecule has 0 unspecified atom stereocenters. The van der Waals surface area contributed by atoms with E-state index >= 15 is 0 Å². The first kappa shape index (κ1) is 19.7. The molecule has 1 heterocycles. The van der Waals surface area contributed by atoms with Crippen LogP contribution in [-0.2, 0) is 14.3 Å². The van der Waals surface area contributed by atoms with Crippen LogP contribution in [0.25, 0.3) is 10.8 Å². The van der Waals surface area contributed by atoms with Crippen molar-refractivity contribution in [2.45, 2.75) is 26.2 Å². The molecule has 30 heavy (non-hydrogen) atoms. The van der Waals surface area contributed by atoms with E-state index in [1.807, 2.05) is 66.7 Å². The first-order valence-corrected chi connectivity index (χ1v) is 10.1. The van der Waals surface area contributed by atoms with Gasteiger partial charge in [-0.25, -0.2) is 4.79 Å². The lowest BCUT2D eigenvalue weighted by Crippen LogP contribution is -2.33. The smallest absolute Gasteiger partial charge is 0.340 e. The molecule has 1 atom stereocenters. The van der Waals surface area contributed by atoms with Crippen molar-refractivity contribution in [1.29, 1.82) is 0 Å². The van der Waals surface area contributed by atoms with Crippen LogP contribution in [0.3, 0.4) is 0 Å². The van der Waals surface area contributed by atoms with Gasteiger partial charge in [-0.2, -0.15) is 0 Å². The third kappa shape index (κ3) is 3.54. The van der Waals surface area contributed by atoms with E-state index < -0.39 is 11.9 Å². The summed E-state index contributed by atoms with van der Waals surface area (Å²) in [5, 5.41) is 4.80. The van der Waals surface area contributed by atoms with Crippen LogP contribution in [-0.4, -0.2) is 18.5 Å². The van der Waals surface area contributed by atoms with E-state index in [1.54, 1.807) is 13.8 Å². The van der Waals surface area contributed by atoms with Crippen molar-refractivity contribution in [1.82, 2.24) is 5.32 Å². The van der Waals surface area contributed by atoms with Crippen LogP contribution in [0.5, 0.6) is 5.75 Å². The van der Waals surface area contributed by atoms with Gasteiger partial charge in [0.05, 0.1) is 12.5 Å². The lowest BCUT2D eigenvalue weighted by molar-refractivity contribution is -0.139. The van der Waals surface area contributed by atoms with Crippen molar-refractivity contribution in [3.8, 4) is 5.75 Å². The Bertz CT molecular complexity index is 1130. The van der Waals surface area contributed by atoms with Crippen LogP contribution in [0, 0.1) is 0 Å². The largest absolute Gasteiger partial charge is 0.462 e. The zero-order chi connectivity index (χ0) is 21.1. The van der Waals surface area contributed by atoms with Crippen LogP contribution >= 0.6 is 0 Å². The van der Waals surface area contributed by atoms with Crippen molar-refractivity contribution in [3.05, 3.63) is 89.3 Å². The lowest BCUT2D eigenvalue weighted by Gasteiger charge is -2.31. The SMILES string of the molecule is CCOC(=O)C1=C(NC(=O)CC)Oc2ccc3ccccc3c2[C@H]1c1ccccc1. The van der Waals surface area contributed by atoms with E-state index in [0.29, 0.717) is 11.3 Å². The fraction of sp³-hybridized carbons (Fsp3) is 0.200. The maximum Gasteiger partial charge on any atom is 0.340 e. The van der Waals surface area contributed by atoms with Gasteiger partial charge in [-0.15, -0.1) is 0 Å². The third-order valence-electron chi connectivity index (χ3n) is 5.17. The Hall–Kier alpha value is -3.60. The van der Waals surface area contributed by atoms with Gasteiger partial charge in [0.2, 0.25) is 11.8 Å². The Morgan fingerprint density at radius 3 is 2.43 bits per heavy atom. The van der Waals surface area contributed by atoms with Crippen LogP contribution in [0.2, 0.25) is 0 Å². The first-order chi connectivity index (χ1) is 14.6. The number of fused-ring (bicyclic) bond motifs is 3. The molecule has 1 aliphatic rings. The fourth-order valence-electron chi connectivity index (χ4n) is 3.81. The molecular weight excluding hydrogens is 378 g/mol. The van der Waals surface area contributed by atoms with Crippen molar-refractivity contribution >= 4 is 22.6 Å². The molecular formula is C25H23NO4. The number of esters is 1. The Morgan fingerprint density at radius 2 is 1.70 bits per heavy atom. The van der Waals surface area contributed by atoms with Crippen molar-refractivity contribution < 1.29 is 19.1 Å². The van der Waals surface area contributed by atoms with E-state index in [-0.39, 0.29) is 24.8 Å². The highest BCUT2D eigenvalue weighted by molar-refractivity contribution is 5.97. The molecule has 0 saturated carbocycles. The van der Waals surface area contributed by atoms with Gasteiger partial charge in [0.1, 0.15) is 11.3 Å². The molecule has 4 rings (SSSR count). The summed E-state index contributed by atoms with van der Waals surface area (Å²) in [4.78, 5) is 25.3. The molecule has 1 aliphatic heterocycles. The highest BCUT2D eigenvalue weighted by Gasteiger charge is 2.38. The zero-order valence-corrected chi connectivity index (χ0v) is 17.0. The van der Waals surface area contributed by atoms with Gasteiger partial charge in [0.25, 0.3) is 0 Å². The minimum absolute atomic E-state index is 0.136.